The smallest absolute Gasteiger partial charge is 0.313 e. The maximum absolute atomic E-state index is 14.8. The van der Waals surface area contributed by atoms with Gasteiger partial charge >= 0.3 is 5.97 Å². The lowest BCUT2D eigenvalue weighted by molar-refractivity contribution is -0.164. The summed E-state index contributed by atoms with van der Waals surface area (Å²) in [5.74, 6) is -3.43. The Hall–Kier alpha value is -4.88. The number of aromatic nitrogens is 3. The number of rotatable bonds is 9. The van der Waals surface area contributed by atoms with E-state index in [0.717, 1.165) is 23.9 Å². The van der Waals surface area contributed by atoms with Crippen molar-refractivity contribution in [1.29, 1.82) is 0 Å². The van der Waals surface area contributed by atoms with Crippen molar-refractivity contribution in [2.45, 2.75) is 82.0 Å². The first-order chi connectivity index (χ1) is 25.2. The lowest BCUT2D eigenvalue weighted by Gasteiger charge is -2.35. The minimum absolute atomic E-state index is 0.0866. The Morgan fingerprint density at radius 1 is 0.942 bits per heavy atom. The van der Waals surface area contributed by atoms with Crippen LogP contribution in [0.4, 0.5) is 0 Å². The van der Waals surface area contributed by atoms with Crippen molar-refractivity contribution in [3.05, 3.63) is 84.5 Å². The van der Waals surface area contributed by atoms with Gasteiger partial charge in [0.15, 0.2) is 0 Å². The number of hydrogen-bond acceptors (Lipinski definition) is 9. The molecule has 1 spiro atoms. The van der Waals surface area contributed by atoms with E-state index in [-0.39, 0.29) is 50.5 Å². The average Bonchev–Trinajstić information content (AvgIpc) is 3.75. The fourth-order valence-corrected chi connectivity index (χ4v) is 8.23. The summed E-state index contributed by atoms with van der Waals surface area (Å²) in [6.45, 7) is 2.56. The molecule has 7 atom stereocenters. The number of likely N-dealkylation sites (N-methyl/N-ethyl adjacent to an activating group) is 1. The number of unbranched alkanes of at least 4 members (excludes halogenated alkanes) is 3. The Labute approximate surface area is 302 Å². The molecule has 2 saturated heterocycles. The normalized spacial score (nSPS) is 30.0. The number of carbonyl (C=O) groups excluding carboxylic acids is 4. The molecule has 0 aliphatic carbocycles. The van der Waals surface area contributed by atoms with E-state index >= 15 is 0 Å². The molecular weight excluding hydrogens is 664 g/mol. The Morgan fingerprint density at radius 3 is 2.52 bits per heavy atom. The molecule has 5 heterocycles. The van der Waals surface area contributed by atoms with E-state index < -0.39 is 47.7 Å². The second-order valence-electron chi connectivity index (χ2n) is 14.2. The number of likely N-dealkylation sites (tertiary alicyclic amines) is 1. The number of aliphatic hydroxyl groups is 1. The van der Waals surface area contributed by atoms with Gasteiger partial charge in [0.1, 0.15) is 35.9 Å². The van der Waals surface area contributed by atoms with Crippen molar-refractivity contribution in [2.75, 3.05) is 26.7 Å². The van der Waals surface area contributed by atoms with Gasteiger partial charge in [0.2, 0.25) is 11.8 Å². The predicted octanol–water partition coefficient (Wildman–Crippen LogP) is 3.40. The maximum atomic E-state index is 14.8. The summed E-state index contributed by atoms with van der Waals surface area (Å²) in [5, 5.41) is 17.9. The quantitative estimate of drug-likeness (QED) is 0.201. The molecule has 0 bridgehead atoms. The Bertz CT molecular complexity index is 1860. The number of allylic oxidation sites excluding steroid dienone is 1. The third-order valence-corrected chi connectivity index (χ3v) is 11.0. The van der Waals surface area contributed by atoms with Crippen LogP contribution < -0.4 is 0 Å². The van der Waals surface area contributed by atoms with Crippen LogP contribution in [0.2, 0.25) is 0 Å². The number of esters is 1. The van der Waals surface area contributed by atoms with E-state index in [1.54, 1.807) is 32.5 Å². The highest BCUT2D eigenvalue weighted by Crippen LogP contribution is 2.53. The number of aliphatic hydroxyl groups excluding tert-OH is 1. The zero-order chi connectivity index (χ0) is 36.4. The predicted molar refractivity (Wildman–Crippen MR) is 190 cm³/mol. The van der Waals surface area contributed by atoms with Crippen LogP contribution in [-0.4, -0.2) is 109 Å². The lowest BCUT2D eigenvalue weighted by atomic mass is 9.77. The molecule has 274 valence electrons. The number of amides is 3. The van der Waals surface area contributed by atoms with Crippen molar-refractivity contribution < 1.29 is 33.8 Å². The standard InChI is InChI=1S/C39H46N6O7/c1-26-34(27-15-6-5-7-16-27)51-38(50)32-30(19-10-11-20-31(47)42(26)2)52-39-21-14-22-43(25-45-29-18-9-8-17-28(29)40-41-45)37(49)35(39)44(36(48)33(32)39)23-12-3-4-13-24-46/h5-10,14-19,21,26,30,32-35,46H,3-4,11-13,20,22-25H2,1-2H3/b19-10-/t26-,30-,32+,33+,34+,35-,39+/m1/s1. The maximum Gasteiger partial charge on any atom is 0.313 e. The molecule has 13 heteroatoms. The van der Waals surface area contributed by atoms with Crippen LogP contribution in [-0.2, 0) is 35.3 Å². The number of carbonyl (C=O) groups is 4. The van der Waals surface area contributed by atoms with Crippen molar-refractivity contribution in [3.63, 3.8) is 0 Å². The third-order valence-electron chi connectivity index (χ3n) is 11.0. The summed E-state index contributed by atoms with van der Waals surface area (Å²) in [6, 6.07) is 15.3. The fourth-order valence-electron chi connectivity index (χ4n) is 8.23. The highest BCUT2D eigenvalue weighted by Gasteiger charge is 2.71. The Kier molecular flexibility index (Phi) is 10.2. The average molecular weight is 711 g/mol. The number of benzene rings is 2. The molecule has 13 nitrogen and oxygen atoms in total. The van der Waals surface area contributed by atoms with Crippen LogP contribution in [0, 0.1) is 11.8 Å². The second kappa shape index (κ2) is 15.0. The van der Waals surface area contributed by atoms with Crippen LogP contribution in [0.1, 0.15) is 57.1 Å². The molecule has 1 aromatic heterocycles. The van der Waals surface area contributed by atoms with E-state index in [9.17, 15) is 24.3 Å². The zero-order valence-electron chi connectivity index (χ0n) is 29.6. The summed E-state index contributed by atoms with van der Waals surface area (Å²) in [5.41, 5.74) is 0.750. The Balaban J connectivity index is 1.27. The van der Waals surface area contributed by atoms with Gasteiger partial charge in [0.05, 0.1) is 23.6 Å². The van der Waals surface area contributed by atoms with E-state index in [1.165, 1.54) is 0 Å². The topological polar surface area (TPSA) is 147 Å². The van der Waals surface area contributed by atoms with Crippen LogP contribution in [0.5, 0.6) is 0 Å². The number of fused-ring (bicyclic) bond motifs is 3. The molecule has 0 unspecified atom stereocenters. The van der Waals surface area contributed by atoms with Gasteiger partial charge in [-0.25, -0.2) is 4.68 Å². The van der Waals surface area contributed by atoms with E-state index in [0.29, 0.717) is 24.8 Å². The molecule has 4 aliphatic heterocycles. The number of nitrogens with zero attached hydrogens (tertiary/aromatic N) is 6. The van der Waals surface area contributed by atoms with Crippen molar-refractivity contribution in [1.82, 2.24) is 29.7 Å². The molecule has 1 N–H and O–H groups in total. The van der Waals surface area contributed by atoms with Crippen molar-refractivity contribution in [3.8, 4) is 0 Å². The summed E-state index contributed by atoms with van der Waals surface area (Å²) < 4.78 is 14.9. The van der Waals surface area contributed by atoms with Crippen molar-refractivity contribution in [2.24, 2.45) is 11.8 Å². The molecule has 2 fully saturated rings. The molecule has 0 saturated carbocycles. The van der Waals surface area contributed by atoms with E-state index in [2.05, 4.69) is 10.3 Å². The third kappa shape index (κ3) is 6.40. The summed E-state index contributed by atoms with van der Waals surface area (Å²) >= 11 is 0. The SMILES string of the molecule is C[C@@H]1[C@@H](c2ccccc2)OC(=O)[C@@H]2[C@H]3C(=O)N(CCCCCCO)[C@@H]4C(=O)N(Cn5nnc6ccccc65)CC=C[C@]34O[C@@H]2/C=C\CCC(=O)N1C. The van der Waals surface area contributed by atoms with Gasteiger partial charge in [0.25, 0.3) is 5.91 Å². The first-order valence-corrected chi connectivity index (χ1v) is 18.3. The molecule has 7 rings (SSSR count). The monoisotopic (exact) mass is 710 g/mol. The largest absolute Gasteiger partial charge is 0.455 e. The second-order valence-corrected chi connectivity index (χ2v) is 14.2. The van der Waals surface area contributed by atoms with Gasteiger partial charge in [-0.05, 0) is 43.9 Å². The molecule has 4 aliphatic rings. The highest BCUT2D eigenvalue weighted by atomic mass is 16.6. The van der Waals surface area contributed by atoms with Gasteiger partial charge in [-0.2, -0.15) is 0 Å². The molecular formula is C39H46N6O7. The van der Waals surface area contributed by atoms with Crippen LogP contribution in [0.3, 0.4) is 0 Å². The Morgan fingerprint density at radius 2 is 1.71 bits per heavy atom. The van der Waals surface area contributed by atoms with Gasteiger partial charge in [0, 0.05) is 33.2 Å². The molecule has 52 heavy (non-hydrogen) atoms. The molecule has 2 aromatic carbocycles. The van der Waals surface area contributed by atoms with Crippen LogP contribution in [0.25, 0.3) is 11.0 Å². The lowest BCUT2D eigenvalue weighted by Crippen LogP contribution is -2.55. The summed E-state index contributed by atoms with van der Waals surface area (Å²) in [7, 11) is 1.71. The van der Waals surface area contributed by atoms with Gasteiger partial charge in [-0.1, -0.05) is 84.8 Å². The van der Waals surface area contributed by atoms with Crippen molar-refractivity contribution >= 4 is 34.7 Å². The molecule has 3 aromatic rings. The highest BCUT2D eigenvalue weighted by molar-refractivity contribution is 5.99. The summed E-state index contributed by atoms with van der Waals surface area (Å²) in [6.07, 6.45) is 9.00. The molecule has 0 radical (unpaired) electrons. The minimum atomic E-state index is -1.45. The molecule has 3 amide bonds. The fraction of sp³-hybridized carbons (Fsp3) is 0.487. The van der Waals surface area contributed by atoms with E-state index in [4.69, 9.17) is 9.47 Å². The van der Waals surface area contributed by atoms with E-state index in [1.807, 2.05) is 79.7 Å². The number of cyclic esters (lactones) is 1. The first-order valence-electron chi connectivity index (χ1n) is 18.3. The minimum Gasteiger partial charge on any atom is -0.455 e. The number of hydrogen-bond donors (Lipinski definition) is 1. The first kappa shape index (κ1) is 35.5. The van der Waals surface area contributed by atoms with Gasteiger partial charge in [-0.3, -0.25) is 19.2 Å². The number of ether oxygens (including phenoxy) is 2. The zero-order valence-corrected chi connectivity index (χ0v) is 29.6. The number of para-hydroxylation sites is 1. The van der Waals surface area contributed by atoms with Crippen LogP contribution >= 0.6 is 0 Å². The van der Waals surface area contributed by atoms with Crippen LogP contribution in [0.15, 0.2) is 78.9 Å². The van der Waals surface area contributed by atoms with Gasteiger partial charge in [-0.15, -0.1) is 5.10 Å². The summed E-state index contributed by atoms with van der Waals surface area (Å²) in [4.78, 5) is 62.3. The van der Waals surface area contributed by atoms with Gasteiger partial charge < -0.3 is 29.3 Å².